The number of ether oxygens (including phenoxy) is 1. The van der Waals surface area contributed by atoms with E-state index in [4.69, 9.17) is 4.74 Å². The topological polar surface area (TPSA) is 111 Å². The van der Waals surface area contributed by atoms with E-state index in [1.54, 1.807) is 73.8 Å². The number of carbonyl (C=O) groups excluding carboxylic acids is 2. The molecular weight excluding hydrogens is 508 g/mol. The van der Waals surface area contributed by atoms with E-state index in [1.165, 1.54) is 10.6 Å². The van der Waals surface area contributed by atoms with Gasteiger partial charge in [0.25, 0.3) is 11.5 Å². The van der Waals surface area contributed by atoms with Crippen LogP contribution in [-0.2, 0) is 16.8 Å². The molecule has 9 nitrogen and oxygen atoms in total. The Labute approximate surface area is 232 Å². The van der Waals surface area contributed by atoms with Crippen LogP contribution in [0.25, 0.3) is 5.69 Å². The number of nitrogens with zero attached hydrogens (tertiary/aromatic N) is 2. The summed E-state index contributed by atoms with van der Waals surface area (Å²) >= 11 is 0. The molecule has 9 heteroatoms. The lowest BCUT2D eigenvalue weighted by Crippen LogP contribution is -2.42. The van der Waals surface area contributed by atoms with Crippen molar-refractivity contribution in [3.05, 3.63) is 122 Å². The molecule has 0 bridgehead atoms. The van der Waals surface area contributed by atoms with Gasteiger partial charge in [0.1, 0.15) is 11.6 Å². The Balaban J connectivity index is 1.74. The fraction of sp³-hybridized carbons (Fsp3) is 0.226. The van der Waals surface area contributed by atoms with Crippen molar-refractivity contribution in [2.75, 3.05) is 19.0 Å². The van der Waals surface area contributed by atoms with Gasteiger partial charge in [0.2, 0.25) is 5.91 Å². The fourth-order valence-electron chi connectivity index (χ4n) is 4.30. The molecular formula is C31H32N4O5. The maximum atomic E-state index is 13.9. The molecule has 206 valence electrons. The lowest BCUT2D eigenvalue weighted by molar-refractivity contribution is -0.115. The molecule has 0 saturated heterocycles. The number of methoxy groups -OCH3 is 1. The van der Waals surface area contributed by atoms with Gasteiger partial charge in [-0.2, -0.15) is 0 Å². The monoisotopic (exact) mass is 540 g/mol. The number of hydrogen-bond acceptors (Lipinski definition) is 5. The highest BCUT2D eigenvalue weighted by atomic mass is 16.5. The van der Waals surface area contributed by atoms with E-state index < -0.39 is 23.1 Å². The first-order valence-electron chi connectivity index (χ1n) is 12.8. The Bertz CT molecular complexity index is 1630. The highest BCUT2D eigenvalue weighted by molar-refractivity contribution is 5.99. The number of amides is 2. The molecule has 2 N–H and O–H groups in total. The fourth-order valence-corrected chi connectivity index (χ4v) is 4.30. The zero-order valence-electron chi connectivity index (χ0n) is 22.9. The van der Waals surface area contributed by atoms with Gasteiger partial charge in [-0.3, -0.25) is 19.0 Å². The van der Waals surface area contributed by atoms with Crippen molar-refractivity contribution in [3.63, 3.8) is 0 Å². The number of rotatable bonds is 8. The molecule has 40 heavy (non-hydrogen) atoms. The van der Waals surface area contributed by atoms with Gasteiger partial charge in [0, 0.05) is 11.6 Å². The van der Waals surface area contributed by atoms with E-state index in [2.05, 4.69) is 10.6 Å². The lowest BCUT2D eigenvalue weighted by atomic mass is 9.85. The van der Waals surface area contributed by atoms with Crippen LogP contribution in [0.2, 0.25) is 0 Å². The molecule has 3 aromatic carbocycles. The predicted molar refractivity (Wildman–Crippen MR) is 154 cm³/mol. The maximum Gasteiger partial charge on any atom is 0.337 e. The highest BCUT2D eigenvalue weighted by Crippen LogP contribution is 2.29. The van der Waals surface area contributed by atoms with Crippen molar-refractivity contribution < 1.29 is 14.3 Å². The van der Waals surface area contributed by atoms with Crippen molar-refractivity contribution in [1.82, 2.24) is 14.5 Å². The molecule has 4 aromatic rings. The van der Waals surface area contributed by atoms with E-state index in [9.17, 15) is 19.2 Å². The number of carbonyl (C=O) groups is 2. The quantitative estimate of drug-likeness (QED) is 0.354. The lowest BCUT2D eigenvalue weighted by Gasteiger charge is -2.25. The largest absolute Gasteiger partial charge is 0.497 e. The number of nitrogens with one attached hydrogen (secondary N) is 2. The standard InChI is InChI=1S/C31H32N4O5/c1-31(2,3)24-12-8-9-13-25(24)35-26(33-27(36)19-32-29(38)22-10-6-5-7-11-22)18-28(37)34(30(35)39)20-21-14-16-23(40-4)17-15-21/h5-18H,19-20H2,1-4H3,(H,32,38)(H,33,36). The summed E-state index contributed by atoms with van der Waals surface area (Å²) in [7, 11) is 1.56. The van der Waals surface area contributed by atoms with Crippen LogP contribution in [0.4, 0.5) is 5.82 Å². The second kappa shape index (κ2) is 11.9. The highest BCUT2D eigenvalue weighted by Gasteiger charge is 2.23. The van der Waals surface area contributed by atoms with Crippen LogP contribution in [0.3, 0.4) is 0 Å². The number of benzene rings is 3. The first-order chi connectivity index (χ1) is 19.1. The van der Waals surface area contributed by atoms with Crippen LogP contribution in [0.1, 0.15) is 42.3 Å². The normalized spacial score (nSPS) is 11.1. The Morgan fingerprint density at radius 2 is 1.52 bits per heavy atom. The second-order valence-corrected chi connectivity index (χ2v) is 10.3. The molecule has 0 spiro atoms. The van der Waals surface area contributed by atoms with E-state index in [0.717, 1.165) is 15.7 Å². The average molecular weight is 541 g/mol. The first kappa shape index (κ1) is 28.1. The molecule has 1 aromatic heterocycles. The van der Waals surface area contributed by atoms with E-state index in [-0.39, 0.29) is 24.3 Å². The van der Waals surface area contributed by atoms with E-state index in [1.807, 2.05) is 32.9 Å². The maximum absolute atomic E-state index is 13.9. The van der Waals surface area contributed by atoms with Gasteiger partial charge in [0.05, 0.1) is 25.9 Å². The molecule has 2 amide bonds. The van der Waals surface area contributed by atoms with Crippen LogP contribution in [0.5, 0.6) is 5.75 Å². The molecule has 1 heterocycles. The minimum absolute atomic E-state index is 0.0108. The number of hydrogen-bond donors (Lipinski definition) is 2. The third kappa shape index (κ3) is 6.37. The Hall–Kier alpha value is -4.92. The van der Waals surface area contributed by atoms with Crippen LogP contribution >= 0.6 is 0 Å². The van der Waals surface area contributed by atoms with Gasteiger partial charge in [-0.25, -0.2) is 9.36 Å². The third-order valence-corrected chi connectivity index (χ3v) is 6.35. The van der Waals surface area contributed by atoms with Crippen LogP contribution < -0.4 is 26.6 Å². The zero-order valence-corrected chi connectivity index (χ0v) is 22.9. The van der Waals surface area contributed by atoms with Crippen LogP contribution in [0.15, 0.2) is 94.5 Å². The number of para-hydroxylation sites is 1. The molecule has 0 saturated carbocycles. The van der Waals surface area contributed by atoms with Gasteiger partial charge in [-0.1, -0.05) is 69.3 Å². The molecule has 0 aliphatic rings. The zero-order chi connectivity index (χ0) is 28.9. The summed E-state index contributed by atoms with van der Waals surface area (Å²) in [5.41, 5.74) is 0.991. The summed E-state index contributed by atoms with van der Waals surface area (Å²) in [5.74, 6) is -0.333. The molecule has 0 unspecified atom stereocenters. The molecule has 0 radical (unpaired) electrons. The van der Waals surface area contributed by atoms with Gasteiger partial charge < -0.3 is 15.4 Å². The Morgan fingerprint density at radius 3 is 2.17 bits per heavy atom. The minimum atomic E-state index is -0.608. The Kier molecular flexibility index (Phi) is 8.33. The molecule has 0 atom stereocenters. The smallest absolute Gasteiger partial charge is 0.337 e. The van der Waals surface area contributed by atoms with Crippen molar-refractivity contribution >= 4 is 17.6 Å². The van der Waals surface area contributed by atoms with Gasteiger partial charge in [-0.05, 0) is 46.9 Å². The molecule has 0 fully saturated rings. The second-order valence-electron chi connectivity index (χ2n) is 10.3. The number of anilines is 1. The predicted octanol–water partition coefficient (Wildman–Crippen LogP) is 3.72. The van der Waals surface area contributed by atoms with E-state index in [0.29, 0.717) is 17.0 Å². The summed E-state index contributed by atoms with van der Waals surface area (Å²) in [4.78, 5) is 52.4. The van der Waals surface area contributed by atoms with Gasteiger partial charge in [-0.15, -0.1) is 0 Å². The summed E-state index contributed by atoms with van der Waals surface area (Å²) in [6.07, 6.45) is 0. The average Bonchev–Trinajstić information content (AvgIpc) is 2.94. The Morgan fingerprint density at radius 1 is 0.875 bits per heavy atom. The summed E-state index contributed by atoms with van der Waals surface area (Å²) in [5, 5.41) is 5.23. The molecule has 4 rings (SSSR count). The summed E-state index contributed by atoms with van der Waals surface area (Å²) in [6.45, 7) is 5.73. The van der Waals surface area contributed by atoms with Crippen LogP contribution in [0, 0.1) is 0 Å². The first-order valence-corrected chi connectivity index (χ1v) is 12.8. The van der Waals surface area contributed by atoms with E-state index >= 15 is 0 Å². The SMILES string of the molecule is COc1ccc(Cn2c(=O)cc(NC(=O)CNC(=O)c3ccccc3)n(-c3ccccc3C(C)(C)C)c2=O)cc1. The summed E-state index contributed by atoms with van der Waals surface area (Å²) in [6, 6.07) is 24.2. The van der Waals surface area contributed by atoms with Gasteiger partial charge >= 0.3 is 5.69 Å². The van der Waals surface area contributed by atoms with Crippen molar-refractivity contribution in [2.45, 2.75) is 32.7 Å². The van der Waals surface area contributed by atoms with Gasteiger partial charge in [0.15, 0.2) is 0 Å². The van der Waals surface area contributed by atoms with Crippen LogP contribution in [-0.4, -0.2) is 34.6 Å². The molecule has 0 aliphatic carbocycles. The number of aromatic nitrogens is 2. The third-order valence-electron chi connectivity index (χ3n) is 6.35. The van der Waals surface area contributed by atoms with Crippen molar-refractivity contribution in [1.29, 1.82) is 0 Å². The minimum Gasteiger partial charge on any atom is -0.497 e. The van der Waals surface area contributed by atoms with Crippen molar-refractivity contribution in [2.24, 2.45) is 0 Å². The summed E-state index contributed by atoms with van der Waals surface area (Å²) < 4.78 is 7.66. The molecule has 0 aliphatic heterocycles. The van der Waals surface area contributed by atoms with Crippen molar-refractivity contribution in [3.8, 4) is 11.4 Å².